The van der Waals surface area contributed by atoms with Crippen molar-refractivity contribution >= 4 is 39.1 Å². The van der Waals surface area contributed by atoms with E-state index in [-0.39, 0.29) is 24.6 Å². The van der Waals surface area contributed by atoms with Crippen molar-refractivity contribution in [2.24, 2.45) is 5.92 Å². The van der Waals surface area contributed by atoms with Crippen molar-refractivity contribution < 1.29 is 18.4 Å². The van der Waals surface area contributed by atoms with Gasteiger partial charge in [0.1, 0.15) is 11.6 Å². The van der Waals surface area contributed by atoms with Gasteiger partial charge in [0.2, 0.25) is 11.8 Å². The number of carbonyl (C=O) groups is 2. The zero-order valence-electron chi connectivity index (χ0n) is 12.4. The average Bonchev–Trinajstić information content (AvgIpc) is 2.93. The standard InChI is InChI=1S/C17H13BrF2N2O2/c18-11-1-6-15(14(20)8-11)21-17(24)10-7-16(23)22(9-10)13-4-2-12(19)3-5-13/h1-6,8,10H,7,9H2,(H,21,24)/t10-/m0/s1. The topological polar surface area (TPSA) is 49.4 Å². The lowest BCUT2D eigenvalue weighted by molar-refractivity contribution is -0.122. The van der Waals surface area contributed by atoms with Crippen LogP contribution < -0.4 is 10.2 Å². The molecule has 24 heavy (non-hydrogen) atoms. The van der Waals surface area contributed by atoms with Crippen LogP contribution in [0.4, 0.5) is 20.2 Å². The van der Waals surface area contributed by atoms with E-state index >= 15 is 0 Å². The van der Waals surface area contributed by atoms with Gasteiger partial charge in [-0.25, -0.2) is 8.78 Å². The van der Waals surface area contributed by atoms with Crippen LogP contribution in [0.15, 0.2) is 46.9 Å². The molecule has 0 radical (unpaired) electrons. The molecule has 7 heteroatoms. The highest BCUT2D eigenvalue weighted by molar-refractivity contribution is 9.10. The van der Waals surface area contributed by atoms with Crippen molar-refractivity contribution in [2.45, 2.75) is 6.42 Å². The lowest BCUT2D eigenvalue weighted by atomic mass is 10.1. The number of anilines is 2. The summed E-state index contributed by atoms with van der Waals surface area (Å²) in [5.74, 6) is -2.19. The highest BCUT2D eigenvalue weighted by Crippen LogP contribution is 2.27. The van der Waals surface area contributed by atoms with Crippen LogP contribution in [0.25, 0.3) is 0 Å². The third kappa shape index (κ3) is 3.46. The Balaban J connectivity index is 1.70. The van der Waals surface area contributed by atoms with Crippen molar-refractivity contribution in [2.75, 3.05) is 16.8 Å². The molecule has 124 valence electrons. The Labute approximate surface area is 145 Å². The molecule has 1 aliphatic heterocycles. The lowest BCUT2D eigenvalue weighted by Crippen LogP contribution is -2.28. The first kappa shape index (κ1) is 16.6. The van der Waals surface area contributed by atoms with E-state index in [1.54, 1.807) is 6.07 Å². The van der Waals surface area contributed by atoms with Gasteiger partial charge >= 0.3 is 0 Å². The Kier molecular flexibility index (Phi) is 4.62. The van der Waals surface area contributed by atoms with Crippen molar-refractivity contribution in [3.63, 3.8) is 0 Å². The van der Waals surface area contributed by atoms with Crippen LogP contribution in [0, 0.1) is 17.6 Å². The normalized spacial score (nSPS) is 17.2. The van der Waals surface area contributed by atoms with E-state index in [0.717, 1.165) is 0 Å². The van der Waals surface area contributed by atoms with Crippen LogP contribution in [-0.4, -0.2) is 18.4 Å². The van der Waals surface area contributed by atoms with Gasteiger partial charge in [-0.05, 0) is 42.5 Å². The van der Waals surface area contributed by atoms with Crippen molar-refractivity contribution in [3.05, 3.63) is 58.6 Å². The summed E-state index contributed by atoms with van der Waals surface area (Å²) in [5, 5.41) is 2.51. The zero-order chi connectivity index (χ0) is 17.3. The third-order valence-corrected chi connectivity index (χ3v) is 4.32. The molecule has 1 atom stereocenters. The van der Waals surface area contributed by atoms with Crippen LogP contribution >= 0.6 is 15.9 Å². The number of halogens is 3. The highest BCUT2D eigenvalue weighted by Gasteiger charge is 2.35. The molecule has 2 aromatic rings. The van der Waals surface area contributed by atoms with E-state index in [4.69, 9.17) is 0 Å². The van der Waals surface area contributed by atoms with E-state index in [0.29, 0.717) is 10.2 Å². The fourth-order valence-corrected chi connectivity index (χ4v) is 2.91. The quantitative estimate of drug-likeness (QED) is 0.862. The molecular weight excluding hydrogens is 382 g/mol. The van der Waals surface area contributed by atoms with Crippen LogP contribution in [0.5, 0.6) is 0 Å². The zero-order valence-corrected chi connectivity index (χ0v) is 14.0. The summed E-state index contributed by atoms with van der Waals surface area (Å²) in [7, 11) is 0. The molecule has 1 fully saturated rings. The Hall–Kier alpha value is -2.28. The second-order valence-electron chi connectivity index (χ2n) is 5.50. The molecule has 1 aliphatic rings. The van der Waals surface area contributed by atoms with Crippen LogP contribution in [0.3, 0.4) is 0 Å². The predicted octanol–water partition coefficient (Wildman–Crippen LogP) is 3.72. The summed E-state index contributed by atoms with van der Waals surface area (Å²) in [6.07, 6.45) is 0.0291. The highest BCUT2D eigenvalue weighted by atomic mass is 79.9. The molecular formula is C17H13BrF2N2O2. The third-order valence-electron chi connectivity index (χ3n) is 3.82. The molecule has 0 spiro atoms. The van der Waals surface area contributed by atoms with Gasteiger partial charge in [0.15, 0.2) is 0 Å². The van der Waals surface area contributed by atoms with Gasteiger partial charge < -0.3 is 10.2 Å². The van der Waals surface area contributed by atoms with Gasteiger partial charge in [0.25, 0.3) is 0 Å². The van der Waals surface area contributed by atoms with Gasteiger partial charge in [0, 0.05) is 23.1 Å². The minimum Gasteiger partial charge on any atom is -0.323 e. The first-order chi connectivity index (χ1) is 11.4. The van der Waals surface area contributed by atoms with E-state index in [2.05, 4.69) is 21.2 Å². The summed E-state index contributed by atoms with van der Waals surface area (Å²) in [4.78, 5) is 25.8. The number of rotatable bonds is 3. The lowest BCUT2D eigenvalue weighted by Gasteiger charge is -2.16. The van der Waals surface area contributed by atoms with Crippen molar-refractivity contribution in [1.82, 2.24) is 0 Å². The number of hydrogen-bond donors (Lipinski definition) is 1. The maximum atomic E-state index is 13.8. The number of hydrogen-bond acceptors (Lipinski definition) is 2. The second kappa shape index (κ2) is 6.68. The van der Waals surface area contributed by atoms with Gasteiger partial charge in [-0.2, -0.15) is 0 Å². The van der Waals surface area contributed by atoms with Gasteiger partial charge in [-0.3, -0.25) is 9.59 Å². The smallest absolute Gasteiger partial charge is 0.229 e. The van der Waals surface area contributed by atoms with Crippen LogP contribution in [-0.2, 0) is 9.59 Å². The molecule has 4 nitrogen and oxygen atoms in total. The molecule has 0 unspecified atom stereocenters. The summed E-state index contributed by atoms with van der Waals surface area (Å²) < 4.78 is 27.3. The molecule has 2 aromatic carbocycles. The Morgan fingerprint density at radius 3 is 2.54 bits per heavy atom. The Morgan fingerprint density at radius 1 is 1.17 bits per heavy atom. The Bertz CT molecular complexity index is 796. The SMILES string of the molecule is O=C(Nc1ccc(Br)cc1F)[C@H]1CC(=O)N(c2ccc(F)cc2)C1. The van der Waals surface area contributed by atoms with Crippen molar-refractivity contribution in [3.8, 4) is 0 Å². The number of carbonyl (C=O) groups excluding carboxylic acids is 2. The van der Waals surface area contributed by atoms with Gasteiger partial charge in [-0.1, -0.05) is 15.9 Å². The largest absolute Gasteiger partial charge is 0.323 e. The maximum absolute atomic E-state index is 13.8. The molecule has 0 saturated carbocycles. The molecule has 0 aliphatic carbocycles. The predicted molar refractivity (Wildman–Crippen MR) is 89.6 cm³/mol. The van der Waals surface area contributed by atoms with Crippen LogP contribution in [0.1, 0.15) is 6.42 Å². The number of nitrogens with zero attached hydrogens (tertiary/aromatic N) is 1. The van der Waals surface area contributed by atoms with E-state index in [9.17, 15) is 18.4 Å². The summed E-state index contributed by atoms with van der Waals surface area (Å²) >= 11 is 3.14. The van der Waals surface area contributed by atoms with E-state index < -0.39 is 23.5 Å². The molecule has 1 N–H and O–H groups in total. The molecule has 3 rings (SSSR count). The number of nitrogens with one attached hydrogen (secondary N) is 1. The van der Waals surface area contributed by atoms with Crippen molar-refractivity contribution in [1.29, 1.82) is 0 Å². The molecule has 0 bridgehead atoms. The summed E-state index contributed by atoms with van der Waals surface area (Å²) in [6.45, 7) is 0.175. The fraction of sp³-hybridized carbons (Fsp3) is 0.176. The maximum Gasteiger partial charge on any atom is 0.229 e. The van der Waals surface area contributed by atoms with E-state index in [1.165, 1.54) is 41.3 Å². The van der Waals surface area contributed by atoms with Crippen LogP contribution in [0.2, 0.25) is 0 Å². The molecule has 1 saturated heterocycles. The summed E-state index contributed by atoms with van der Waals surface area (Å²) in [6, 6.07) is 9.81. The monoisotopic (exact) mass is 394 g/mol. The first-order valence-corrected chi connectivity index (χ1v) is 8.05. The van der Waals surface area contributed by atoms with Gasteiger partial charge in [0.05, 0.1) is 11.6 Å². The average molecular weight is 395 g/mol. The van der Waals surface area contributed by atoms with E-state index in [1.807, 2.05) is 0 Å². The van der Waals surface area contributed by atoms with Gasteiger partial charge in [-0.15, -0.1) is 0 Å². The number of benzene rings is 2. The second-order valence-corrected chi connectivity index (χ2v) is 6.41. The minimum absolute atomic E-state index is 0.0291. The minimum atomic E-state index is -0.592. The molecule has 0 aromatic heterocycles. The Morgan fingerprint density at radius 2 is 1.88 bits per heavy atom. The molecule has 2 amide bonds. The summed E-state index contributed by atoms with van der Waals surface area (Å²) in [5.41, 5.74) is 0.599. The fourth-order valence-electron chi connectivity index (χ4n) is 2.58. The number of amides is 2. The molecule has 1 heterocycles. The first-order valence-electron chi connectivity index (χ1n) is 7.26.